The molecule has 0 fully saturated rings. The summed E-state index contributed by atoms with van der Waals surface area (Å²) in [5, 5.41) is 11.1. The second-order valence-electron chi connectivity index (χ2n) is 8.06. The third-order valence-electron chi connectivity index (χ3n) is 5.89. The molecule has 2 N–H and O–H groups in total. The predicted molar refractivity (Wildman–Crippen MR) is 135 cm³/mol. The predicted octanol–water partition coefficient (Wildman–Crippen LogP) is 4.89. The lowest BCUT2D eigenvalue weighted by atomic mass is 9.94. The molecule has 0 saturated carbocycles. The van der Waals surface area contributed by atoms with E-state index in [4.69, 9.17) is 19.6 Å². The Hall–Kier alpha value is -4.59. The highest BCUT2D eigenvalue weighted by Gasteiger charge is 2.36. The molecule has 1 atom stereocenters. The zero-order chi connectivity index (χ0) is 24.4. The minimum atomic E-state index is -0.607. The van der Waals surface area contributed by atoms with Crippen LogP contribution in [0.5, 0.6) is 11.5 Å². The number of hydrogen-bond acceptors (Lipinski definition) is 6. The summed E-state index contributed by atoms with van der Waals surface area (Å²) in [6, 6.07) is 24.0. The number of carbonyl (C=O) groups is 1. The molecule has 5 rings (SSSR count). The molecule has 8 nitrogen and oxygen atoms in total. The van der Waals surface area contributed by atoms with Gasteiger partial charge in [-0.15, -0.1) is 5.10 Å². The third kappa shape index (κ3) is 4.21. The van der Waals surface area contributed by atoms with Crippen LogP contribution in [0.2, 0.25) is 0 Å². The number of fused-ring (bicyclic) bond motifs is 1. The SMILES string of the molecule is COc1ccc(OC)c(C2C(C(=O)Nc3ccccc3)=C(C)Nc3nc(-c4ccccc4)nn32)c1. The normalized spacial score (nSPS) is 14.7. The van der Waals surface area contributed by atoms with Crippen molar-refractivity contribution in [2.75, 3.05) is 24.9 Å². The molecule has 1 aliphatic rings. The van der Waals surface area contributed by atoms with E-state index in [1.165, 1.54) is 0 Å². The molecule has 35 heavy (non-hydrogen) atoms. The second-order valence-corrected chi connectivity index (χ2v) is 8.06. The van der Waals surface area contributed by atoms with Gasteiger partial charge in [0.25, 0.3) is 5.91 Å². The molecular weight excluding hydrogens is 442 g/mol. The van der Waals surface area contributed by atoms with Gasteiger partial charge in [-0.1, -0.05) is 48.5 Å². The maximum atomic E-state index is 13.7. The van der Waals surface area contributed by atoms with Crippen molar-refractivity contribution in [1.29, 1.82) is 0 Å². The largest absolute Gasteiger partial charge is 0.497 e. The zero-order valence-electron chi connectivity index (χ0n) is 19.6. The van der Waals surface area contributed by atoms with E-state index in [1.807, 2.05) is 85.8 Å². The van der Waals surface area contributed by atoms with E-state index >= 15 is 0 Å². The molecule has 176 valence electrons. The molecule has 0 aliphatic carbocycles. The summed E-state index contributed by atoms with van der Waals surface area (Å²) in [5.74, 6) is 2.09. The van der Waals surface area contributed by atoms with Crippen molar-refractivity contribution < 1.29 is 14.3 Å². The summed E-state index contributed by atoms with van der Waals surface area (Å²) in [7, 11) is 3.21. The topological polar surface area (TPSA) is 90.3 Å². The van der Waals surface area contributed by atoms with E-state index in [1.54, 1.807) is 18.9 Å². The van der Waals surface area contributed by atoms with Crippen LogP contribution in [-0.2, 0) is 4.79 Å². The van der Waals surface area contributed by atoms with Gasteiger partial charge in [-0.05, 0) is 37.3 Å². The lowest BCUT2D eigenvalue weighted by Crippen LogP contribution is -2.31. The van der Waals surface area contributed by atoms with Gasteiger partial charge in [0.05, 0.1) is 19.8 Å². The number of para-hydroxylation sites is 1. The highest BCUT2D eigenvalue weighted by atomic mass is 16.5. The van der Waals surface area contributed by atoms with Gasteiger partial charge >= 0.3 is 0 Å². The molecule has 1 aliphatic heterocycles. The van der Waals surface area contributed by atoms with Crippen LogP contribution in [0.3, 0.4) is 0 Å². The van der Waals surface area contributed by atoms with Crippen molar-refractivity contribution >= 4 is 17.5 Å². The Morgan fingerprint density at radius 2 is 1.69 bits per heavy atom. The van der Waals surface area contributed by atoms with Gasteiger partial charge in [0.1, 0.15) is 17.5 Å². The Kier molecular flexibility index (Phi) is 5.93. The number of nitrogens with one attached hydrogen (secondary N) is 2. The van der Waals surface area contributed by atoms with Gasteiger partial charge in [-0.25, -0.2) is 4.68 Å². The van der Waals surface area contributed by atoms with Crippen molar-refractivity contribution in [3.05, 3.63) is 95.7 Å². The van der Waals surface area contributed by atoms with Crippen molar-refractivity contribution in [1.82, 2.24) is 14.8 Å². The number of rotatable bonds is 6. The van der Waals surface area contributed by atoms with Crippen molar-refractivity contribution in [3.8, 4) is 22.9 Å². The molecule has 0 bridgehead atoms. The summed E-state index contributed by atoms with van der Waals surface area (Å²) in [6.07, 6.45) is 0. The van der Waals surface area contributed by atoms with Gasteiger partial charge in [0, 0.05) is 22.5 Å². The van der Waals surface area contributed by atoms with Crippen LogP contribution in [0.1, 0.15) is 18.5 Å². The number of nitrogens with zero attached hydrogens (tertiary/aromatic N) is 3. The Bertz CT molecular complexity index is 1400. The fourth-order valence-electron chi connectivity index (χ4n) is 4.22. The Morgan fingerprint density at radius 1 is 0.971 bits per heavy atom. The van der Waals surface area contributed by atoms with E-state index in [9.17, 15) is 4.79 Å². The smallest absolute Gasteiger partial charge is 0.255 e. The summed E-state index contributed by atoms with van der Waals surface area (Å²) in [6.45, 7) is 1.86. The van der Waals surface area contributed by atoms with Crippen LogP contribution in [-0.4, -0.2) is 34.9 Å². The molecule has 0 spiro atoms. The summed E-state index contributed by atoms with van der Waals surface area (Å²) >= 11 is 0. The molecule has 1 unspecified atom stereocenters. The third-order valence-corrected chi connectivity index (χ3v) is 5.89. The molecule has 1 aromatic heterocycles. The van der Waals surface area contributed by atoms with Crippen LogP contribution < -0.4 is 20.1 Å². The molecular formula is C27H25N5O3. The first-order chi connectivity index (χ1) is 17.1. The molecule has 0 radical (unpaired) electrons. The highest BCUT2D eigenvalue weighted by molar-refractivity contribution is 6.06. The average molecular weight is 468 g/mol. The Balaban J connectivity index is 1.67. The molecule has 3 aromatic carbocycles. The quantitative estimate of drug-likeness (QED) is 0.420. The van der Waals surface area contributed by atoms with Crippen LogP contribution in [0.15, 0.2) is 90.1 Å². The second kappa shape index (κ2) is 9.34. The monoisotopic (exact) mass is 467 g/mol. The van der Waals surface area contributed by atoms with Crippen LogP contribution in [0.4, 0.5) is 11.6 Å². The first kappa shape index (κ1) is 22.2. The average Bonchev–Trinajstić information content (AvgIpc) is 3.32. The van der Waals surface area contributed by atoms with Gasteiger partial charge in [-0.3, -0.25) is 4.79 Å². The Labute approximate surface area is 203 Å². The number of ether oxygens (including phenoxy) is 2. The lowest BCUT2D eigenvalue weighted by Gasteiger charge is -2.29. The molecule has 1 amide bonds. The number of benzene rings is 3. The van der Waals surface area contributed by atoms with Gasteiger partial charge in [-0.2, -0.15) is 4.98 Å². The summed E-state index contributed by atoms with van der Waals surface area (Å²) in [4.78, 5) is 18.4. The van der Waals surface area contributed by atoms with Crippen molar-refractivity contribution in [3.63, 3.8) is 0 Å². The number of allylic oxidation sites excluding steroid dienone is 1. The number of carbonyl (C=O) groups excluding carboxylic acids is 1. The molecule has 4 aromatic rings. The number of amides is 1. The van der Waals surface area contributed by atoms with E-state index < -0.39 is 6.04 Å². The first-order valence-electron chi connectivity index (χ1n) is 11.2. The number of methoxy groups -OCH3 is 2. The van der Waals surface area contributed by atoms with Crippen LogP contribution >= 0.6 is 0 Å². The van der Waals surface area contributed by atoms with Crippen molar-refractivity contribution in [2.24, 2.45) is 0 Å². The fraction of sp³-hybridized carbons (Fsp3) is 0.148. The van der Waals surface area contributed by atoms with Crippen LogP contribution in [0.25, 0.3) is 11.4 Å². The molecule has 2 heterocycles. The lowest BCUT2D eigenvalue weighted by molar-refractivity contribution is -0.113. The van der Waals surface area contributed by atoms with E-state index in [0.29, 0.717) is 40.2 Å². The van der Waals surface area contributed by atoms with Crippen LogP contribution in [0, 0.1) is 0 Å². The number of anilines is 2. The summed E-state index contributed by atoms with van der Waals surface area (Å²) in [5.41, 5.74) is 3.48. The number of aromatic nitrogens is 3. The Morgan fingerprint density at radius 3 is 2.37 bits per heavy atom. The van der Waals surface area contributed by atoms with Gasteiger partial charge < -0.3 is 20.1 Å². The number of hydrogen-bond donors (Lipinski definition) is 2. The first-order valence-corrected chi connectivity index (χ1v) is 11.2. The maximum Gasteiger partial charge on any atom is 0.255 e. The molecule has 8 heteroatoms. The van der Waals surface area contributed by atoms with Gasteiger partial charge in [0.2, 0.25) is 5.95 Å². The molecule has 0 saturated heterocycles. The summed E-state index contributed by atoms with van der Waals surface area (Å²) < 4.78 is 12.9. The minimum Gasteiger partial charge on any atom is -0.497 e. The van der Waals surface area contributed by atoms with Gasteiger partial charge in [0.15, 0.2) is 5.82 Å². The zero-order valence-corrected chi connectivity index (χ0v) is 19.6. The van der Waals surface area contributed by atoms with E-state index in [2.05, 4.69) is 10.6 Å². The fourth-order valence-corrected chi connectivity index (χ4v) is 4.22. The van der Waals surface area contributed by atoms with Crippen molar-refractivity contribution in [2.45, 2.75) is 13.0 Å². The highest BCUT2D eigenvalue weighted by Crippen LogP contribution is 2.41. The standard InChI is InChI=1S/C27H25N5O3/c1-17-23(26(33)29-19-12-8-5-9-13-19)24(21-16-20(34-2)14-15-22(21)35-3)32-27(28-17)30-25(31-32)18-10-6-4-7-11-18/h4-16,24H,1-3H3,(H,29,33)(H,28,30,31). The maximum absolute atomic E-state index is 13.7. The van der Waals surface area contributed by atoms with E-state index in [0.717, 1.165) is 11.1 Å². The van der Waals surface area contributed by atoms with E-state index in [-0.39, 0.29) is 5.91 Å². The minimum absolute atomic E-state index is 0.251.